The Morgan fingerprint density at radius 1 is 1.30 bits per heavy atom. The Kier molecular flexibility index (Phi) is 7.22. The minimum Gasteiger partial charge on any atom is -0.495 e. The predicted molar refractivity (Wildman–Crippen MR) is 87.1 cm³/mol. The molecule has 1 fully saturated rings. The zero-order chi connectivity index (χ0) is 16.3. The molecule has 1 unspecified atom stereocenters. The van der Waals surface area contributed by atoms with Crippen LogP contribution in [0.1, 0.15) is 6.92 Å². The average Bonchev–Trinajstić information content (AvgIpc) is 2.47. The zero-order valence-electron chi connectivity index (χ0n) is 13.1. The number of benzene rings is 1. The van der Waals surface area contributed by atoms with E-state index in [9.17, 15) is 17.9 Å². The first-order valence-electron chi connectivity index (χ1n) is 7.08. The number of halogens is 2. The van der Waals surface area contributed by atoms with Crippen LogP contribution in [0.25, 0.3) is 0 Å². The van der Waals surface area contributed by atoms with Crippen molar-refractivity contribution in [2.24, 2.45) is 0 Å². The van der Waals surface area contributed by atoms with Gasteiger partial charge in [0.05, 0.1) is 13.2 Å². The minimum atomic E-state index is -3.80. The zero-order valence-corrected chi connectivity index (χ0v) is 14.7. The number of ether oxygens (including phenoxy) is 1. The summed E-state index contributed by atoms with van der Waals surface area (Å²) in [7, 11) is -2.45. The predicted octanol–water partition coefficient (Wildman–Crippen LogP) is 0.943. The Bertz CT molecular complexity index is 619. The SMILES string of the molecule is COc1ccc(F)cc1S(=O)(=O)N1CCN(CC(C)O)CC1.Cl. The van der Waals surface area contributed by atoms with E-state index in [4.69, 9.17) is 4.74 Å². The van der Waals surface area contributed by atoms with Gasteiger partial charge >= 0.3 is 0 Å². The van der Waals surface area contributed by atoms with Gasteiger partial charge in [0, 0.05) is 32.7 Å². The van der Waals surface area contributed by atoms with Gasteiger partial charge < -0.3 is 9.84 Å². The van der Waals surface area contributed by atoms with E-state index in [2.05, 4.69) is 0 Å². The van der Waals surface area contributed by atoms with Crippen molar-refractivity contribution in [2.45, 2.75) is 17.9 Å². The topological polar surface area (TPSA) is 70.1 Å². The summed E-state index contributed by atoms with van der Waals surface area (Å²) in [5.41, 5.74) is 0. The van der Waals surface area contributed by atoms with Crippen LogP contribution in [0.4, 0.5) is 4.39 Å². The molecule has 0 bridgehead atoms. The maximum absolute atomic E-state index is 13.4. The second-order valence-corrected chi connectivity index (χ2v) is 7.26. The summed E-state index contributed by atoms with van der Waals surface area (Å²) in [5.74, 6) is -0.486. The van der Waals surface area contributed by atoms with Gasteiger partial charge in [-0.15, -0.1) is 12.4 Å². The van der Waals surface area contributed by atoms with Gasteiger partial charge in [0.2, 0.25) is 10.0 Å². The molecule has 132 valence electrons. The van der Waals surface area contributed by atoms with E-state index in [0.717, 1.165) is 6.07 Å². The first-order chi connectivity index (χ1) is 10.3. The summed E-state index contributed by atoms with van der Waals surface area (Å²) in [6, 6.07) is 3.46. The Hall–Kier alpha value is -0.930. The van der Waals surface area contributed by atoms with E-state index in [1.807, 2.05) is 4.90 Å². The quantitative estimate of drug-likeness (QED) is 0.837. The highest BCUT2D eigenvalue weighted by atomic mass is 35.5. The molecule has 1 aromatic carbocycles. The lowest BCUT2D eigenvalue weighted by Crippen LogP contribution is -2.50. The molecule has 1 atom stereocenters. The fourth-order valence-electron chi connectivity index (χ4n) is 2.52. The molecule has 0 radical (unpaired) electrons. The molecule has 1 saturated heterocycles. The van der Waals surface area contributed by atoms with Crippen LogP contribution >= 0.6 is 12.4 Å². The van der Waals surface area contributed by atoms with Crippen LogP contribution < -0.4 is 4.74 Å². The Balaban J connectivity index is 0.00000264. The van der Waals surface area contributed by atoms with E-state index in [1.165, 1.54) is 23.5 Å². The van der Waals surface area contributed by atoms with Gasteiger partial charge in [0.25, 0.3) is 0 Å². The van der Waals surface area contributed by atoms with Gasteiger partial charge in [-0.05, 0) is 25.1 Å². The molecule has 0 saturated carbocycles. The summed E-state index contributed by atoms with van der Waals surface area (Å²) in [4.78, 5) is 1.85. The lowest BCUT2D eigenvalue weighted by atomic mass is 10.3. The molecule has 1 N–H and O–H groups in total. The van der Waals surface area contributed by atoms with Crippen molar-refractivity contribution >= 4 is 22.4 Å². The highest BCUT2D eigenvalue weighted by molar-refractivity contribution is 7.89. The Labute approximate surface area is 142 Å². The fraction of sp³-hybridized carbons (Fsp3) is 0.571. The number of hydrogen-bond donors (Lipinski definition) is 1. The summed E-state index contributed by atoms with van der Waals surface area (Å²) in [5, 5.41) is 9.38. The normalized spacial score (nSPS) is 18.3. The number of aliphatic hydroxyl groups is 1. The number of sulfonamides is 1. The van der Waals surface area contributed by atoms with Gasteiger partial charge in [-0.25, -0.2) is 12.8 Å². The standard InChI is InChI=1S/C14H21FN2O4S.ClH/c1-11(18)10-16-5-7-17(8-6-16)22(19,20)14-9-12(15)3-4-13(14)21-2;/h3-4,9,11,18H,5-8,10H2,1-2H3;1H. The molecule has 1 aromatic rings. The van der Waals surface area contributed by atoms with Crippen LogP contribution in [0.3, 0.4) is 0 Å². The lowest BCUT2D eigenvalue weighted by molar-refractivity contribution is 0.103. The van der Waals surface area contributed by atoms with Gasteiger partial charge in [-0.3, -0.25) is 4.90 Å². The number of aliphatic hydroxyl groups excluding tert-OH is 1. The molecule has 1 aliphatic heterocycles. The molecule has 0 aliphatic carbocycles. The van der Waals surface area contributed by atoms with Crippen LogP contribution in [0.15, 0.2) is 23.1 Å². The van der Waals surface area contributed by atoms with E-state index in [1.54, 1.807) is 6.92 Å². The molecule has 0 spiro atoms. The van der Waals surface area contributed by atoms with Crippen molar-refractivity contribution in [2.75, 3.05) is 39.8 Å². The largest absolute Gasteiger partial charge is 0.495 e. The number of piperazine rings is 1. The first-order valence-corrected chi connectivity index (χ1v) is 8.52. The smallest absolute Gasteiger partial charge is 0.246 e. The molecule has 6 nitrogen and oxygen atoms in total. The van der Waals surface area contributed by atoms with Crippen LogP contribution in [0.5, 0.6) is 5.75 Å². The Morgan fingerprint density at radius 3 is 2.43 bits per heavy atom. The monoisotopic (exact) mass is 368 g/mol. The molecular weight excluding hydrogens is 347 g/mol. The average molecular weight is 369 g/mol. The first kappa shape index (κ1) is 20.1. The molecule has 0 amide bonds. The van der Waals surface area contributed by atoms with E-state index in [-0.39, 0.29) is 23.1 Å². The summed E-state index contributed by atoms with van der Waals surface area (Å²) in [6.07, 6.45) is -0.452. The van der Waals surface area contributed by atoms with Gasteiger partial charge in [-0.2, -0.15) is 4.31 Å². The second kappa shape index (κ2) is 8.25. The molecule has 1 heterocycles. The van der Waals surface area contributed by atoms with Crippen molar-refractivity contribution in [3.8, 4) is 5.75 Å². The number of hydrogen-bond acceptors (Lipinski definition) is 5. The summed E-state index contributed by atoms with van der Waals surface area (Å²) < 4.78 is 45.1. The fourth-order valence-corrected chi connectivity index (χ4v) is 4.11. The third-order valence-electron chi connectivity index (χ3n) is 3.60. The van der Waals surface area contributed by atoms with Crippen molar-refractivity contribution in [3.05, 3.63) is 24.0 Å². The van der Waals surface area contributed by atoms with Crippen LogP contribution in [-0.2, 0) is 10.0 Å². The molecule has 2 rings (SSSR count). The number of rotatable bonds is 5. The Morgan fingerprint density at radius 2 is 1.91 bits per heavy atom. The number of methoxy groups -OCH3 is 1. The minimum absolute atomic E-state index is 0. The van der Waals surface area contributed by atoms with Crippen LogP contribution in [-0.4, -0.2) is 68.7 Å². The van der Waals surface area contributed by atoms with Crippen molar-refractivity contribution in [3.63, 3.8) is 0 Å². The highest BCUT2D eigenvalue weighted by Crippen LogP contribution is 2.28. The van der Waals surface area contributed by atoms with E-state index < -0.39 is 21.9 Å². The summed E-state index contributed by atoms with van der Waals surface area (Å²) >= 11 is 0. The highest BCUT2D eigenvalue weighted by Gasteiger charge is 2.31. The molecule has 9 heteroatoms. The summed E-state index contributed by atoms with van der Waals surface area (Å²) in [6.45, 7) is 3.87. The third kappa shape index (κ3) is 4.77. The van der Waals surface area contributed by atoms with Crippen LogP contribution in [0, 0.1) is 5.82 Å². The van der Waals surface area contributed by atoms with Crippen molar-refractivity contribution < 1.29 is 22.7 Å². The van der Waals surface area contributed by atoms with Gasteiger partial charge in [-0.1, -0.05) is 0 Å². The maximum atomic E-state index is 13.4. The van der Waals surface area contributed by atoms with Crippen molar-refractivity contribution in [1.82, 2.24) is 9.21 Å². The number of nitrogens with zero attached hydrogens (tertiary/aromatic N) is 2. The molecule has 23 heavy (non-hydrogen) atoms. The molecular formula is C14H22ClFN2O4S. The molecule has 1 aliphatic rings. The van der Waals surface area contributed by atoms with Crippen LogP contribution in [0.2, 0.25) is 0 Å². The molecule has 0 aromatic heterocycles. The number of β-amino-alcohol motifs (C(OH)–C–C–N with tert-alkyl or cyclic N) is 1. The van der Waals surface area contributed by atoms with Crippen molar-refractivity contribution in [1.29, 1.82) is 0 Å². The van der Waals surface area contributed by atoms with E-state index >= 15 is 0 Å². The lowest BCUT2D eigenvalue weighted by Gasteiger charge is -2.34. The van der Waals surface area contributed by atoms with E-state index in [0.29, 0.717) is 32.7 Å². The third-order valence-corrected chi connectivity index (χ3v) is 5.52. The second-order valence-electron chi connectivity index (χ2n) is 5.35. The van der Waals surface area contributed by atoms with Gasteiger partial charge in [0.1, 0.15) is 16.5 Å². The van der Waals surface area contributed by atoms with Gasteiger partial charge in [0.15, 0.2) is 0 Å². The maximum Gasteiger partial charge on any atom is 0.246 e.